The van der Waals surface area contributed by atoms with E-state index in [1.54, 1.807) is 6.92 Å². The Morgan fingerprint density at radius 3 is 2.67 bits per heavy atom. The molecule has 18 heavy (non-hydrogen) atoms. The number of rotatable bonds is 5. The van der Waals surface area contributed by atoms with Crippen molar-refractivity contribution in [1.82, 2.24) is 10.3 Å². The fraction of sp³-hybridized carbons (Fsp3) is 0.538. The molecule has 0 bridgehead atoms. The molecule has 1 unspecified atom stereocenters. The number of hydrogen-bond donors (Lipinski definition) is 3. The summed E-state index contributed by atoms with van der Waals surface area (Å²) in [5, 5.41) is 2.86. The lowest BCUT2D eigenvalue weighted by Crippen LogP contribution is -2.41. The van der Waals surface area contributed by atoms with Gasteiger partial charge in [0.2, 0.25) is 0 Å². The van der Waals surface area contributed by atoms with Gasteiger partial charge in [-0.05, 0) is 25.8 Å². The Hall–Kier alpha value is -1.62. The van der Waals surface area contributed by atoms with Crippen molar-refractivity contribution in [3.63, 3.8) is 0 Å². The number of hydrogen-bond acceptors (Lipinski definition) is 3. The number of nitrogens with one attached hydrogen (secondary N) is 2. The Morgan fingerprint density at radius 2 is 2.17 bits per heavy atom. The highest BCUT2D eigenvalue weighted by atomic mass is 16.2. The van der Waals surface area contributed by atoms with Gasteiger partial charge < -0.3 is 16.0 Å². The van der Waals surface area contributed by atoms with Crippen molar-refractivity contribution in [3.05, 3.63) is 33.7 Å². The Bertz CT molecular complexity index is 466. The number of nitrogens with two attached hydrogens (primary N) is 1. The van der Waals surface area contributed by atoms with E-state index in [1.807, 2.05) is 13.8 Å². The molecule has 0 aliphatic rings. The molecule has 0 aliphatic carbocycles. The summed E-state index contributed by atoms with van der Waals surface area (Å²) in [5.41, 5.74) is 6.12. The molecule has 0 saturated heterocycles. The van der Waals surface area contributed by atoms with Crippen LogP contribution in [-0.4, -0.2) is 23.5 Å². The summed E-state index contributed by atoms with van der Waals surface area (Å²) in [6.07, 6.45) is 2.15. The van der Waals surface area contributed by atoms with Crippen molar-refractivity contribution in [2.24, 2.45) is 11.7 Å². The average molecular weight is 251 g/mol. The number of aryl methyl sites for hydroxylation is 1. The van der Waals surface area contributed by atoms with Crippen LogP contribution in [0, 0.1) is 12.8 Å². The van der Waals surface area contributed by atoms with Crippen LogP contribution in [0.15, 0.2) is 17.1 Å². The maximum Gasteiger partial charge on any atom is 0.256 e. The molecule has 1 amide bonds. The molecule has 1 rings (SSSR count). The highest BCUT2D eigenvalue weighted by molar-refractivity contribution is 5.93. The molecule has 100 valence electrons. The summed E-state index contributed by atoms with van der Waals surface area (Å²) in [4.78, 5) is 26.6. The van der Waals surface area contributed by atoms with Crippen LogP contribution in [0.3, 0.4) is 0 Å². The van der Waals surface area contributed by atoms with Crippen LogP contribution in [-0.2, 0) is 0 Å². The topological polar surface area (TPSA) is 88.0 Å². The molecule has 4 N–H and O–H groups in total. The first-order valence-electron chi connectivity index (χ1n) is 6.16. The molecule has 0 saturated carbocycles. The van der Waals surface area contributed by atoms with E-state index in [9.17, 15) is 9.59 Å². The molecule has 5 nitrogen and oxygen atoms in total. The quantitative estimate of drug-likeness (QED) is 0.722. The summed E-state index contributed by atoms with van der Waals surface area (Å²) in [6, 6.07) is 1.41. The SMILES string of the molecule is Cc1cc(=O)c(C(=O)NC(CCN)C(C)C)c[nH]1. The molecule has 0 radical (unpaired) electrons. The zero-order chi connectivity index (χ0) is 13.7. The fourth-order valence-electron chi connectivity index (χ4n) is 1.75. The molecule has 1 aromatic rings. The predicted molar refractivity (Wildman–Crippen MR) is 71.6 cm³/mol. The predicted octanol–water partition coefficient (Wildman–Crippen LogP) is 0.787. The van der Waals surface area contributed by atoms with Crippen molar-refractivity contribution < 1.29 is 4.79 Å². The summed E-state index contributed by atoms with van der Waals surface area (Å²) >= 11 is 0. The van der Waals surface area contributed by atoms with Gasteiger partial charge in [-0.25, -0.2) is 0 Å². The number of carbonyl (C=O) groups is 1. The second kappa shape index (κ2) is 6.35. The zero-order valence-corrected chi connectivity index (χ0v) is 11.1. The largest absolute Gasteiger partial charge is 0.364 e. The molecule has 0 aromatic carbocycles. The minimum absolute atomic E-state index is 0.0109. The second-order valence-electron chi connectivity index (χ2n) is 4.80. The third-order valence-corrected chi connectivity index (χ3v) is 2.90. The molecule has 0 aliphatic heterocycles. The van der Waals surface area contributed by atoms with Gasteiger partial charge in [0.05, 0.1) is 0 Å². The summed E-state index contributed by atoms with van der Waals surface area (Å²) in [5.74, 6) is -0.0644. The van der Waals surface area contributed by atoms with Gasteiger partial charge in [0.25, 0.3) is 5.91 Å². The van der Waals surface area contributed by atoms with Gasteiger partial charge in [-0.1, -0.05) is 13.8 Å². The highest BCUT2D eigenvalue weighted by Gasteiger charge is 2.18. The maximum absolute atomic E-state index is 12.0. The van der Waals surface area contributed by atoms with Crippen molar-refractivity contribution >= 4 is 5.91 Å². The van der Waals surface area contributed by atoms with E-state index in [2.05, 4.69) is 10.3 Å². The lowest BCUT2D eigenvalue weighted by atomic mass is 10.0. The summed E-state index contributed by atoms with van der Waals surface area (Å²) in [6.45, 7) is 6.31. The van der Waals surface area contributed by atoms with E-state index >= 15 is 0 Å². The number of aromatic amines is 1. The van der Waals surface area contributed by atoms with Crippen LogP contribution in [0.2, 0.25) is 0 Å². The van der Waals surface area contributed by atoms with Crippen LogP contribution >= 0.6 is 0 Å². The van der Waals surface area contributed by atoms with E-state index in [1.165, 1.54) is 12.3 Å². The first-order valence-corrected chi connectivity index (χ1v) is 6.16. The van der Waals surface area contributed by atoms with E-state index in [4.69, 9.17) is 5.73 Å². The van der Waals surface area contributed by atoms with Crippen molar-refractivity contribution in [3.8, 4) is 0 Å². The number of carbonyl (C=O) groups excluding carboxylic acids is 1. The van der Waals surface area contributed by atoms with E-state index in [0.717, 1.165) is 5.69 Å². The van der Waals surface area contributed by atoms with Crippen LogP contribution in [0.4, 0.5) is 0 Å². The Balaban J connectivity index is 2.84. The van der Waals surface area contributed by atoms with Crippen LogP contribution in [0.1, 0.15) is 36.3 Å². The molecule has 5 heteroatoms. The highest BCUT2D eigenvalue weighted by Crippen LogP contribution is 2.06. The van der Waals surface area contributed by atoms with Crippen LogP contribution in [0.5, 0.6) is 0 Å². The van der Waals surface area contributed by atoms with Crippen molar-refractivity contribution in [2.45, 2.75) is 33.2 Å². The van der Waals surface area contributed by atoms with Crippen molar-refractivity contribution in [1.29, 1.82) is 0 Å². The number of H-pyrrole nitrogens is 1. The fourth-order valence-corrected chi connectivity index (χ4v) is 1.75. The zero-order valence-electron chi connectivity index (χ0n) is 11.1. The molecule has 1 atom stereocenters. The molecule has 1 aromatic heterocycles. The lowest BCUT2D eigenvalue weighted by molar-refractivity contribution is 0.0922. The molecule has 1 heterocycles. The normalized spacial score (nSPS) is 12.5. The van der Waals surface area contributed by atoms with Gasteiger partial charge >= 0.3 is 0 Å². The van der Waals surface area contributed by atoms with Crippen LogP contribution in [0.25, 0.3) is 0 Å². The molecule has 0 spiro atoms. The van der Waals surface area contributed by atoms with Gasteiger partial charge in [-0.2, -0.15) is 0 Å². The molecule has 0 fully saturated rings. The number of aromatic nitrogens is 1. The molecular formula is C13H21N3O2. The first kappa shape index (κ1) is 14.4. The smallest absolute Gasteiger partial charge is 0.256 e. The van der Waals surface area contributed by atoms with E-state index < -0.39 is 0 Å². The summed E-state index contributed by atoms with van der Waals surface area (Å²) in [7, 11) is 0. The van der Waals surface area contributed by atoms with Gasteiger partial charge in [0.1, 0.15) is 5.56 Å². The second-order valence-corrected chi connectivity index (χ2v) is 4.80. The third kappa shape index (κ3) is 3.70. The van der Waals surface area contributed by atoms with Gasteiger partial charge in [0.15, 0.2) is 5.43 Å². The Kier molecular flexibility index (Phi) is 5.09. The number of pyridine rings is 1. The standard InChI is InChI=1S/C13H21N3O2/c1-8(2)11(4-5-14)16-13(18)10-7-15-9(3)6-12(10)17/h6-8,11H,4-5,14H2,1-3H3,(H,15,17)(H,16,18). The van der Waals surface area contributed by atoms with Gasteiger partial charge in [0, 0.05) is 24.0 Å². The van der Waals surface area contributed by atoms with E-state index in [0.29, 0.717) is 13.0 Å². The van der Waals surface area contributed by atoms with Crippen LogP contribution < -0.4 is 16.5 Å². The maximum atomic E-state index is 12.0. The van der Waals surface area contributed by atoms with Gasteiger partial charge in [-0.3, -0.25) is 9.59 Å². The number of amides is 1. The Morgan fingerprint density at radius 1 is 1.50 bits per heavy atom. The molecular weight excluding hydrogens is 230 g/mol. The minimum Gasteiger partial charge on any atom is -0.364 e. The minimum atomic E-state index is -0.344. The average Bonchev–Trinajstić information content (AvgIpc) is 2.27. The van der Waals surface area contributed by atoms with E-state index in [-0.39, 0.29) is 28.9 Å². The monoisotopic (exact) mass is 251 g/mol. The lowest BCUT2D eigenvalue weighted by Gasteiger charge is -2.21. The first-order chi connectivity index (χ1) is 8.45. The Labute approximate surface area is 107 Å². The summed E-state index contributed by atoms with van der Waals surface area (Å²) < 4.78 is 0. The third-order valence-electron chi connectivity index (χ3n) is 2.90. The van der Waals surface area contributed by atoms with Crippen molar-refractivity contribution in [2.75, 3.05) is 6.54 Å². The van der Waals surface area contributed by atoms with Gasteiger partial charge in [-0.15, -0.1) is 0 Å².